The lowest BCUT2D eigenvalue weighted by atomic mass is 10.1. The molecule has 96 valence electrons. The van der Waals surface area contributed by atoms with Gasteiger partial charge in [-0.25, -0.2) is 0 Å². The molecule has 1 fully saturated rings. The fourth-order valence-corrected chi connectivity index (χ4v) is 2.29. The molecule has 0 amide bonds. The average molecular weight is 238 g/mol. The van der Waals surface area contributed by atoms with Crippen LogP contribution in [0, 0.1) is 12.8 Å². The maximum absolute atomic E-state index is 5.31. The third-order valence-electron chi connectivity index (χ3n) is 3.32. The molecule has 0 radical (unpaired) electrons. The molecule has 2 rings (SSSR count). The van der Waals surface area contributed by atoms with Crippen LogP contribution < -0.4 is 5.32 Å². The SMILES string of the molecule is Cc1nnc(CNCC2CCN(C(C)C)C2)o1. The lowest BCUT2D eigenvalue weighted by Crippen LogP contribution is -2.30. The van der Waals surface area contributed by atoms with E-state index in [9.17, 15) is 0 Å². The molecule has 5 nitrogen and oxygen atoms in total. The average Bonchev–Trinajstić information content (AvgIpc) is 2.88. The summed E-state index contributed by atoms with van der Waals surface area (Å²) in [4.78, 5) is 2.53. The van der Waals surface area contributed by atoms with E-state index >= 15 is 0 Å². The summed E-state index contributed by atoms with van der Waals surface area (Å²) >= 11 is 0. The van der Waals surface area contributed by atoms with Crippen molar-refractivity contribution in [3.63, 3.8) is 0 Å². The number of nitrogens with zero attached hydrogens (tertiary/aromatic N) is 3. The minimum absolute atomic E-state index is 0.633. The summed E-state index contributed by atoms with van der Waals surface area (Å²) in [6.07, 6.45) is 1.29. The van der Waals surface area contributed by atoms with Crippen LogP contribution in [-0.4, -0.2) is 40.8 Å². The third-order valence-corrected chi connectivity index (χ3v) is 3.32. The van der Waals surface area contributed by atoms with Crippen molar-refractivity contribution in [1.29, 1.82) is 0 Å². The standard InChI is InChI=1S/C12H22N4O/c1-9(2)16-5-4-11(8-16)6-13-7-12-15-14-10(3)17-12/h9,11,13H,4-8H2,1-3H3. The number of likely N-dealkylation sites (tertiary alicyclic amines) is 1. The molecular formula is C12H22N4O. The topological polar surface area (TPSA) is 54.2 Å². The molecule has 1 unspecified atom stereocenters. The summed E-state index contributed by atoms with van der Waals surface area (Å²) in [5.74, 6) is 2.07. The Morgan fingerprint density at radius 1 is 1.47 bits per heavy atom. The molecule has 17 heavy (non-hydrogen) atoms. The van der Waals surface area contributed by atoms with E-state index in [0.717, 1.165) is 12.5 Å². The first-order chi connectivity index (χ1) is 8.15. The first-order valence-electron chi connectivity index (χ1n) is 6.39. The summed E-state index contributed by atoms with van der Waals surface area (Å²) < 4.78 is 5.31. The van der Waals surface area contributed by atoms with Gasteiger partial charge in [0, 0.05) is 19.5 Å². The zero-order valence-corrected chi connectivity index (χ0v) is 10.9. The highest BCUT2D eigenvalue weighted by Gasteiger charge is 2.23. The van der Waals surface area contributed by atoms with Crippen LogP contribution in [0.2, 0.25) is 0 Å². The molecule has 2 heterocycles. The summed E-state index contributed by atoms with van der Waals surface area (Å²) in [5.41, 5.74) is 0. The van der Waals surface area contributed by atoms with Crippen LogP contribution in [-0.2, 0) is 6.54 Å². The van der Waals surface area contributed by atoms with Gasteiger partial charge in [-0.1, -0.05) is 0 Å². The van der Waals surface area contributed by atoms with E-state index in [2.05, 4.69) is 34.3 Å². The normalized spacial score (nSPS) is 21.5. The van der Waals surface area contributed by atoms with Crippen LogP contribution in [0.5, 0.6) is 0 Å². The quantitative estimate of drug-likeness (QED) is 0.835. The van der Waals surface area contributed by atoms with Gasteiger partial charge < -0.3 is 14.6 Å². The molecule has 0 aliphatic carbocycles. The minimum Gasteiger partial charge on any atom is -0.424 e. The van der Waals surface area contributed by atoms with E-state index in [1.54, 1.807) is 0 Å². The van der Waals surface area contributed by atoms with Crippen LogP contribution in [0.3, 0.4) is 0 Å². The molecule has 5 heteroatoms. The van der Waals surface area contributed by atoms with Gasteiger partial charge in [-0.05, 0) is 39.3 Å². The van der Waals surface area contributed by atoms with Crippen molar-refractivity contribution in [3.8, 4) is 0 Å². The van der Waals surface area contributed by atoms with Gasteiger partial charge in [-0.15, -0.1) is 10.2 Å². The number of hydrogen-bond donors (Lipinski definition) is 1. The maximum atomic E-state index is 5.31. The lowest BCUT2D eigenvalue weighted by molar-refractivity contribution is 0.263. The number of hydrogen-bond acceptors (Lipinski definition) is 5. The summed E-state index contributed by atoms with van der Waals surface area (Å²) in [6, 6.07) is 0.665. The van der Waals surface area contributed by atoms with Gasteiger partial charge in [-0.2, -0.15) is 0 Å². The molecule has 0 bridgehead atoms. The van der Waals surface area contributed by atoms with E-state index in [1.807, 2.05) is 6.92 Å². The Labute approximate surface area is 103 Å². The predicted octanol–water partition coefficient (Wildman–Crippen LogP) is 1.20. The van der Waals surface area contributed by atoms with E-state index in [0.29, 0.717) is 24.4 Å². The van der Waals surface area contributed by atoms with Gasteiger partial charge in [-0.3, -0.25) is 0 Å². The summed E-state index contributed by atoms with van der Waals surface area (Å²) in [6.45, 7) is 10.5. The summed E-state index contributed by atoms with van der Waals surface area (Å²) in [7, 11) is 0. The zero-order chi connectivity index (χ0) is 12.3. The molecule has 1 aromatic heterocycles. The third kappa shape index (κ3) is 3.51. The van der Waals surface area contributed by atoms with Crippen molar-refractivity contribution in [1.82, 2.24) is 20.4 Å². The number of aromatic nitrogens is 2. The first kappa shape index (κ1) is 12.5. The second-order valence-corrected chi connectivity index (χ2v) is 5.09. The van der Waals surface area contributed by atoms with Crippen molar-refractivity contribution in [2.45, 2.75) is 39.8 Å². The highest BCUT2D eigenvalue weighted by atomic mass is 16.4. The van der Waals surface area contributed by atoms with Crippen LogP contribution in [0.4, 0.5) is 0 Å². The minimum atomic E-state index is 0.633. The molecule has 0 saturated carbocycles. The Morgan fingerprint density at radius 3 is 2.88 bits per heavy atom. The molecule has 1 saturated heterocycles. The second kappa shape index (κ2) is 5.60. The number of nitrogens with one attached hydrogen (secondary N) is 1. The highest BCUT2D eigenvalue weighted by molar-refractivity contribution is 4.81. The smallest absolute Gasteiger partial charge is 0.230 e. The van der Waals surface area contributed by atoms with Gasteiger partial charge in [0.2, 0.25) is 11.8 Å². The van der Waals surface area contributed by atoms with Crippen molar-refractivity contribution in [2.24, 2.45) is 5.92 Å². The zero-order valence-electron chi connectivity index (χ0n) is 10.9. The second-order valence-electron chi connectivity index (χ2n) is 5.09. The molecule has 0 aromatic carbocycles. The fourth-order valence-electron chi connectivity index (χ4n) is 2.29. The van der Waals surface area contributed by atoms with Crippen LogP contribution in [0.15, 0.2) is 4.42 Å². The molecule has 0 spiro atoms. The van der Waals surface area contributed by atoms with Crippen LogP contribution in [0.25, 0.3) is 0 Å². The fraction of sp³-hybridized carbons (Fsp3) is 0.833. The van der Waals surface area contributed by atoms with E-state index < -0.39 is 0 Å². The molecule has 1 atom stereocenters. The monoisotopic (exact) mass is 238 g/mol. The van der Waals surface area contributed by atoms with Crippen LogP contribution in [0.1, 0.15) is 32.0 Å². The van der Waals surface area contributed by atoms with Crippen molar-refractivity contribution in [3.05, 3.63) is 11.8 Å². The van der Waals surface area contributed by atoms with Gasteiger partial charge in [0.1, 0.15) is 0 Å². The molecule has 1 aliphatic rings. The molecule has 1 aliphatic heterocycles. The largest absolute Gasteiger partial charge is 0.424 e. The first-order valence-corrected chi connectivity index (χ1v) is 6.39. The Morgan fingerprint density at radius 2 is 2.29 bits per heavy atom. The number of rotatable bonds is 5. The van der Waals surface area contributed by atoms with Crippen molar-refractivity contribution >= 4 is 0 Å². The van der Waals surface area contributed by atoms with Gasteiger partial charge in [0.25, 0.3) is 0 Å². The Bertz CT molecular complexity index is 350. The highest BCUT2D eigenvalue weighted by Crippen LogP contribution is 2.17. The Hall–Kier alpha value is -0.940. The van der Waals surface area contributed by atoms with Gasteiger partial charge in [0.05, 0.1) is 6.54 Å². The van der Waals surface area contributed by atoms with Crippen molar-refractivity contribution < 1.29 is 4.42 Å². The molecule has 1 N–H and O–H groups in total. The maximum Gasteiger partial charge on any atom is 0.230 e. The van der Waals surface area contributed by atoms with E-state index in [1.165, 1.54) is 19.5 Å². The Kier molecular flexibility index (Phi) is 4.12. The molecular weight excluding hydrogens is 216 g/mol. The Balaban J connectivity index is 1.66. The van der Waals surface area contributed by atoms with Crippen LogP contribution >= 0.6 is 0 Å². The van der Waals surface area contributed by atoms with Gasteiger partial charge >= 0.3 is 0 Å². The number of aryl methyl sites for hydroxylation is 1. The van der Waals surface area contributed by atoms with Gasteiger partial charge in [0.15, 0.2) is 0 Å². The van der Waals surface area contributed by atoms with E-state index in [4.69, 9.17) is 4.42 Å². The van der Waals surface area contributed by atoms with E-state index in [-0.39, 0.29) is 0 Å². The molecule has 1 aromatic rings. The lowest BCUT2D eigenvalue weighted by Gasteiger charge is -2.20. The van der Waals surface area contributed by atoms with Crippen molar-refractivity contribution in [2.75, 3.05) is 19.6 Å². The summed E-state index contributed by atoms with van der Waals surface area (Å²) in [5, 5.41) is 11.2. The predicted molar refractivity (Wildman–Crippen MR) is 65.6 cm³/mol.